The molecule has 1 aliphatic rings. The minimum atomic E-state index is 0.153. The molecule has 1 aliphatic heterocycles. The van der Waals surface area contributed by atoms with Crippen LogP contribution in [0.15, 0.2) is 18.5 Å². The van der Waals surface area contributed by atoms with Gasteiger partial charge in [-0.25, -0.2) is 0 Å². The van der Waals surface area contributed by atoms with Crippen LogP contribution in [0.2, 0.25) is 0 Å². The number of aryl methyl sites for hydroxylation is 1. The van der Waals surface area contributed by atoms with Gasteiger partial charge in [0.2, 0.25) is 6.79 Å². The van der Waals surface area contributed by atoms with Crippen molar-refractivity contribution in [3.8, 4) is 17.2 Å². The average Bonchev–Trinajstić information content (AvgIpc) is 3.03. The van der Waals surface area contributed by atoms with E-state index in [1.54, 1.807) is 23.0 Å². The molecule has 1 aromatic heterocycles. The van der Waals surface area contributed by atoms with Gasteiger partial charge in [0.05, 0.1) is 5.56 Å². The van der Waals surface area contributed by atoms with Crippen LogP contribution in [-0.2, 0) is 13.7 Å². The van der Waals surface area contributed by atoms with E-state index in [4.69, 9.17) is 14.2 Å². The molecule has 3 rings (SSSR count). The topological polar surface area (TPSA) is 75.5 Å². The van der Waals surface area contributed by atoms with Gasteiger partial charge in [0.15, 0.2) is 23.6 Å². The monoisotopic (exact) mass is 261 g/mol. The Kier molecular flexibility index (Phi) is 2.79. The Bertz CT molecular complexity index is 623. The number of aldehydes is 1. The van der Waals surface area contributed by atoms with E-state index in [-0.39, 0.29) is 13.4 Å². The van der Waals surface area contributed by atoms with E-state index in [1.165, 1.54) is 0 Å². The molecule has 0 amide bonds. The van der Waals surface area contributed by atoms with Gasteiger partial charge in [0.1, 0.15) is 18.7 Å². The molecule has 0 aliphatic carbocycles. The van der Waals surface area contributed by atoms with Crippen LogP contribution >= 0.6 is 0 Å². The summed E-state index contributed by atoms with van der Waals surface area (Å²) in [5, 5.41) is 7.66. The SMILES string of the molecule is Cn1cnnc1COc1cc2c(cc1C=O)OCO2. The fraction of sp³-hybridized carbons (Fsp3) is 0.250. The third-order valence-corrected chi connectivity index (χ3v) is 2.79. The number of fused-ring (bicyclic) bond motifs is 1. The highest BCUT2D eigenvalue weighted by molar-refractivity contribution is 5.81. The molecule has 0 atom stereocenters. The minimum absolute atomic E-state index is 0.153. The Morgan fingerprint density at radius 3 is 2.89 bits per heavy atom. The van der Waals surface area contributed by atoms with Crippen molar-refractivity contribution in [3.05, 3.63) is 29.8 Å². The number of rotatable bonds is 4. The smallest absolute Gasteiger partial charge is 0.231 e. The first-order valence-electron chi connectivity index (χ1n) is 5.62. The molecule has 0 spiro atoms. The summed E-state index contributed by atoms with van der Waals surface area (Å²) in [6.07, 6.45) is 2.30. The van der Waals surface area contributed by atoms with Crippen molar-refractivity contribution in [1.29, 1.82) is 0 Å². The van der Waals surface area contributed by atoms with E-state index >= 15 is 0 Å². The van der Waals surface area contributed by atoms with E-state index in [0.717, 1.165) is 0 Å². The van der Waals surface area contributed by atoms with Crippen molar-refractivity contribution < 1.29 is 19.0 Å². The Labute approximate surface area is 108 Å². The predicted molar refractivity (Wildman–Crippen MR) is 63.3 cm³/mol. The van der Waals surface area contributed by atoms with Gasteiger partial charge in [-0.1, -0.05) is 0 Å². The quantitative estimate of drug-likeness (QED) is 0.762. The molecular formula is C12H11N3O4. The average molecular weight is 261 g/mol. The van der Waals surface area contributed by atoms with Gasteiger partial charge >= 0.3 is 0 Å². The second-order valence-corrected chi connectivity index (χ2v) is 4.01. The van der Waals surface area contributed by atoms with Crippen molar-refractivity contribution in [3.63, 3.8) is 0 Å². The third kappa shape index (κ3) is 2.10. The first-order chi connectivity index (χ1) is 9.28. The molecule has 2 heterocycles. The molecule has 0 radical (unpaired) electrons. The highest BCUT2D eigenvalue weighted by Crippen LogP contribution is 2.37. The highest BCUT2D eigenvalue weighted by Gasteiger charge is 2.18. The highest BCUT2D eigenvalue weighted by atomic mass is 16.7. The number of benzene rings is 1. The zero-order valence-electron chi connectivity index (χ0n) is 10.2. The first-order valence-corrected chi connectivity index (χ1v) is 5.62. The molecule has 7 heteroatoms. The van der Waals surface area contributed by atoms with E-state index in [0.29, 0.717) is 34.9 Å². The van der Waals surface area contributed by atoms with Crippen LogP contribution in [0.1, 0.15) is 16.2 Å². The number of carbonyl (C=O) groups is 1. The summed E-state index contributed by atoms with van der Waals surface area (Å²) in [6, 6.07) is 3.24. The summed E-state index contributed by atoms with van der Waals surface area (Å²) in [6.45, 7) is 0.372. The van der Waals surface area contributed by atoms with Gasteiger partial charge in [0.25, 0.3) is 0 Å². The molecule has 19 heavy (non-hydrogen) atoms. The second-order valence-electron chi connectivity index (χ2n) is 4.01. The Balaban J connectivity index is 1.84. The standard InChI is InChI=1S/C12H11N3O4/c1-15-6-13-14-12(15)5-17-9-3-11-10(18-7-19-11)2-8(9)4-16/h2-4,6H,5,7H2,1H3. The van der Waals surface area contributed by atoms with Gasteiger partial charge in [-0.3, -0.25) is 4.79 Å². The summed E-state index contributed by atoms with van der Waals surface area (Å²) in [4.78, 5) is 11.0. The summed E-state index contributed by atoms with van der Waals surface area (Å²) < 4.78 is 17.8. The van der Waals surface area contributed by atoms with Crippen molar-refractivity contribution in [1.82, 2.24) is 14.8 Å². The third-order valence-electron chi connectivity index (χ3n) is 2.79. The fourth-order valence-corrected chi connectivity index (χ4v) is 1.74. The van der Waals surface area contributed by atoms with Crippen molar-refractivity contribution >= 4 is 6.29 Å². The maximum atomic E-state index is 11.0. The van der Waals surface area contributed by atoms with Crippen molar-refractivity contribution in [2.45, 2.75) is 6.61 Å². The Morgan fingerprint density at radius 1 is 1.42 bits per heavy atom. The van der Waals surface area contributed by atoms with Crippen LogP contribution in [0.25, 0.3) is 0 Å². The molecular weight excluding hydrogens is 250 g/mol. The zero-order chi connectivity index (χ0) is 13.2. The van der Waals surface area contributed by atoms with Crippen LogP contribution < -0.4 is 14.2 Å². The summed E-state index contributed by atoms with van der Waals surface area (Å²) in [5.41, 5.74) is 0.409. The molecule has 98 valence electrons. The molecule has 0 unspecified atom stereocenters. The predicted octanol–water partition coefficient (Wildman–Crippen LogP) is 0.935. The van der Waals surface area contributed by atoms with E-state index in [2.05, 4.69) is 10.2 Å². The molecule has 1 aromatic carbocycles. The second kappa shape index (κ2) is 4.60. The molecule has 0 bridgehead atoms. The Hall–Kier alpha value is -2.57. The number of hydrogen-bond acceptors (Lipinski definition) is 6. The van der Waals surface area contributed by atoms with Gasteiger partial charge in [0, 0.05) is 13.1 Å². The normalized spacial score (nSPS) is 12.5. The Morgan fingerprint density at radius 2 is 2.21 bits per heavy atom. The van der Waals surface area contributed by atoms with Gasteiger partial charge in [-0.2, -0.15) is 0 Å². The number of hydrogen-bond donors (Lipinski definition) is 0. The summed E-state index contributed by atoms with van der Waals surface area (Å²) in [7, 11) is 1.82. The van der Waals surface area contributed by atoms with Crippen LogP contribution in [0.3, 0.4) is 0 Å². The lowest BCUT2D eigenvalue weighted by Gasteiger charge is -2.08. The van der Waals surface area contributed by atoms with Gasteiger partial charge < -0.3 is 18.8 Å². The number of nitrogens with zero attached hydrogens (tertiary/aromatic N) is 3. The van der Waals surface area contributed by atoms with E-state index in [1.807, 2.05) is 7.05 Å². The largest absolute Gasteiger partial charge is 0.485 e. The lowest BCUT2D eigenvalue weighted by atomic mass is 10.2. The van der Waals surface area contributed by atoms with Crippen LogP contribution in [0.4, 0.5) is 0 Å². The van der Waals surface area contributed by atoms with Crippen LogP contribution in [0, 0.1) is 0 Å². The molecule has 0 saturated heterocycles. The van der Waals surface area contributed by atoms with Gasteiger partial charge in [-0.05, 0) is 6.07 Å². The van der Waals surface area contributed by atoms with E-state index < -0.39 is 0 Å². The lowest BCUT2D eigenvalue weighted by Crippen LogP contribution is -2.04. The number of aromatic nitrogens is 3. The number of carbonyl (C=O) groups excluding carboxylic acids is 1. The maximum Gasteiger partial charge on any atom is 0.231 e. The van der Waals surface area contributed by atoms with Crippen molar-refractivity contribution in [2.75, 3.05) is 6.79 Å². The first kappa shape index (κ1) is 11.5. The molecule has 0 saturated carbocycles. The number of ether oxygens (including phenoxy) is 3. The fourth-order valence-electron chi connectivity index (χ4n) is 1.74. The van der Waals surface area contributed by atoms with Gasteiger partial charge in [-0.15, -0.1) is 10.2 Å². The van der Waals surface area contributed by atoms with Crippen molar-refractivity contribution in [2.24, 2.45) is 7.05 Å². The molecule has 0 fully saturated rings. The summed E-state index contributed by atoms with van der Waals surface area (Å²) in [5.74, 6) is 2.21. The summed E-state index contributed by atoms with van der Waals surface area (Å²) >= 11 is 0. The molecule has 7 nitrogen and oxygen atoms in total. The maximum absolute atomic E-state index is 11.0. The minimum Gasteiger partial charge on any atom is -0.485 e. The van der Waals surface area contributed by atoms with E-state index in [9.17, 15) is 4.79 Å². The zero-order valence-corrected chi connectivity index (χ0v) is 10.2. The molecule has 0 N–H and O–H groups in total. The van der Waals surface area contributed by atoms with Crippen LogP contribution in [-0.4, -0.2) is 27.8 Å². The van der Waals surface area contributed by atoms with Crippen LogP contribution in [0.5, 0.6) is 17.2 Å². The molecule has 2 aromatic rings. The lowest BCUT2D eigenvalue weighted by molar-refractivity contribution is 0.111.